The first-order valence-electron chi connectivity index (χ1n) is 6.04. The van der Waals surface area contributed by atoms with Gasteiger partial charge in [-0.3, -0.25) is 4.57 Å². The van der Waals surface area contributed by atoms with Crippen LogP contribution in [0.15, 0.2) is 24.3 Å². The molecule has 0 aliphatic heterocycles. The first-order chi connectivity index (χ1) is 9.50. The second-order valence-electron chi connectivity index (χ2n) is 4.39. The predicted molar refractivity (Wildman–Crippen MR) is 70.6 cm³/mol. The molecule has 1 aromatic rings. The molecule has 3 N–H and O–H groups in total. The number of nitrogen functional groups attached to an aromatic ring is 1. The number of halogens is 4. The number of nitrogens with two attached hydrogens (primary N) is 1. The van der Waals surface area contributed by atoms with Gasteiger partial charge in [0.1, 0.15) is 5.85 Å². The molecule has 0 saturated heterocycles. The number of benzene rings is 1. The summed E-state index contributed by atoms with van der Waals surface area (Å²) in [7, 11) is -5.36. The molecule has 0 spiro atoms. The van der Waals surface area contributed by atoms with Crippen LogP contribution >= 0.6 is 7.37 Å². The monoisotopic (exact) mass is 329 g/mol. The van der Waals surface area contributed by atoms with Crippen LogP contribution in [-0.2, 0) is 15.0 Å². The van der Waals surface area contributed by atoms with E-state index in [4.69, 9.17) is 5.73 Å². The van der Waals surface area contributed by atoms with Crippen molar-refractivity contribution in [1.82, 2.24) is 0 Å². The van der Waals surface area contributed by atoms with E-state index in [-0.39, 0.29) is 5.69 Å². The fourth-order valence-electron chi connectivity index (χ4n) is 1.72. The van der Waals surface area contributed by atoms with Crippen LogP contribution in [0, 0.1) is 0 Å². The standard InChI is InChI=1S/C12H16F4NO3P/c1-3-20-21(19,8(2)18)12(15,16)11(13,14)9-5-4-6-10(17)7-9/h4-8,18H,3,17H2,1-2H3. The number of alkyl halides is 4. The van der Waals surface area contributed by atoms with Crippen molar-refractivity contribution in [3.63, 3.8) is 0 Å². The Kier molecular flexibility index (Phi) is 5.08. The van der Waals surface area contributed by atoms with Crippen LogP contribution in [-0.4, -0.2) is 23.2 Å². The highest BCUT2D eigenvalue weighted by Gasteiger charge is 2.70. The van der Waals surface area contributed by atoms with E-state index in [9.17, 15) is 27.2 Å². The van der Waals surface area contributed by atoms with Gasteiger partial charge in [0.2, 0.25) is 0 Å². The summed E-state index contributed by atoms with van der Waals surface area (Å²) in [4.78, 5) is 0. The Labute approximate surface area is 119 Å². The molecular formula is C12H16F4NO3P. The third-order valence-corrected chi connectivity index (χ3v) is 5.52. The molecule has 0 aliphatic carbocycles. The summed E-state index contributed by atoms with van der Waals surface area (Å²) in [6, 6.07) is 3.71. The molecule has 0 radical (unpaired) electrons. The van der Waals surface area contributed by atoms with E-state index in [1.165, 1.54) is 13.0 Å². The lowest BCUT2D eigenvalue weighted by Crippen LogP contribution is -2.41. The van der Waals surface area contributed by atoms with E-state index in [0.29, 0.717) is 6.07 Å². The highest BCUT2D eigenvalue weighted by molar-refractivity contribution is 7.60. The van der Waals surface area contributed by atoms with Crippen molar-refractivity contribution in [1.29, 1.82) is 0 Å². The Bertz CT molecular complexity index is 551. The molecule has 2 atom stereocenters. The van der Waals surface area contributed by atoms with Crippen molar-refractivity contribution >= 4 is 13.1 Å². The van der Waals surface area contributed by atoms with Crippen LogP contribution in [0.4, 0.5) is 23.2 Å². The van der Waals surface area contributed by atoms with Gasteiger partial charge in [-0.05, 0) is 26.0 Å². The fraction of sp³-hybridized carbons (Fsp3) is 0.500. The largest absolute Gasteiger partial charge is 0.399 e. The van der Waals surface area contributed by atoms with Gasteiger partial charge in [-0.15, -0.1) is 0 Å². The molecule has 0 heterocycles. The fourth-order valence-corrected chi connectivity index (χ4v) is 3.47. The third-order valence-electron chi connectivity index (χ3n) is 2.83. The van der Waals surface area contributed by atoms with Crippen molar-refractivity contribution in [3.8, 4) is 0 Å². The molecule has 0 amide bonds. The van der Waals surface area contributed by atoms with E-state index in [0.717, 1.165) is 19.1 Å². The molecular weight excluding hydrogens is 313 g/mol. The normalized spacial score (nSPS) is 17.3. The Balaban J connectivity index is 3.41. The minimum atomic E-state index is -5.36. The first-order valence-corrected chi connectivity index (χ1v) is 7.74. The maximum absolute atomic E-state index is 14.2. The molecule has 0 aliphatic rings. The molecule has 0 aromatic heterocycles. The maximum atomic E-state index is 14.2. The smallest absolute Gasteiger partial charge is 0.389 e. The zero-order chi connectivity index (χ0) is 16.5. The van der Waals surface area contributed by atoms with Crippen molar-refractivity contribution in [2.45, 2.75) is 31.3 Å². The van der Waals surface area contributed by atoms with Gasteiger partial charge < -0.3 is 15.4 Å². The van der Waals surface area contributed by atoms with Gasteiger partial charge in [0, 0.05) is 11.3 Å². The minimum absolute atomic E-state index is 0.147. The van der Waals surface area contributed by atoms with Crippen LogP contribution in [0.3, 0.4) is 0 Å². The maximum Gasteiger partial charge on any atom is 0.389 e. The number of hydrogen-bond acceptors (Lipinski definition) is 4. The zero-order valence-corrected chi connectivity index (χ0v) is 12.3. The summed E-state index contributed by atoms with van der Waals surface area (Å²) >= 11 is 0. The second kappa shape index (κ2) is 5.94. The van der Waals surface area contributed by atoms with Gasteiger partial charge in [-0.1, -0.05) is 12.1 Å². The van der Waals surface area contributed by atoms with Gasteiger partial charge in [0.15, 0.2) is 0 Å². The SMILES string of the molecule is CCOP(=O)(C(C)O)C(F)(F)C(F)(F)c1cccc(N)c1. The molecule has 4 nitrogen and oxygen atoms in total. The zero-order valence-electron chi connectivity index (χ0n) is 11.4. The molecule has 1 aromatic carbocycles. The Hall–Kier alpha value is -1.11. The van der Waals surface area contributed by atoms with E-state index >= 15 is 0 Å². The van der Waals surface area contributed by atoms with Crippen LogP contribution in [0.2, 0.25) is 0 Å². The average molecular weight is 329 g/mol. The quantitative estimate of drug-likeness (QED) is 0.475. The van der Waals surface area contributed by atoms with Crippen LogP contribution in [0.25, 0.3) is 0 Å². The Morgan fingerprint density at radius 2 is 1.95 bits per heavy atom. The van der Waals surface area contributed by atoms with Gasteiger partial charge in [-0.2, -0.15) is 17.6 Å². The number of anilines is 1. The summed E-state index contributed by atoms with van der Waals surface area (Å²) in [5.41, 5.74) is -1.04. The number of aliphatic hydroxyl groups excluding tert-OH is 1. The third kappa shape index (κ3) is 2.93. The highest BCUT2D eigenvalue weighted by Crippen LogP contribution is 2.70. The van der Waals surface area contributed by atoms with Crippen molar-refractivity contribution in [2.75, 3.05) is 12.3 Å². The second-order valence-corrected chi connectivity index (χ2v) is 7.15. The number of rotatable bonds is 6. The van der Waals surface area contributed by atoms with E-state index < -0.39 is 37.0 Å². The number of hydrogen-bond donors (Lipinski definition) is 2. The molecule has 0 fully saturated rings. The molecule has 0 bridgehead atoms. The summed E-state index contributed by atoms with van der Waals surface area (Å²) in [6.07, 6.45) is 0. The van der Waals surface area contributed by atoms with E-state index in [1.54, 1.807) is 0 Å². The first kappa shape index (κ1) is 17.9. The van der Waals surface area contributed by atoms with Gasteiger partial charge >= 0.3 is 19.0 Å². The lowest BCUT2D eigenvalue weighted by Gasteiger charge is -2.34. The Morgan fingerprint density at radius 1 is 1.38 bits per heavy atom. The number of aliphatic hydroxyl groups is 1. The highest BCUT2D eigenvalue weighted by atomic mass is 31.2. The summed E-state index contributed by atoms with van der Waals surface area (Å²) in [5.74, 6) is -7.07. The van der Waals surface area contributed by atoms with Gasteiger partial charge in [-0.25, -0.2) is 0 Å². The van der Waals surface area contributed by atoms with Crippen LogP contribution in [0.1, 0.15) is 19.4 Å². The van der Waals surface area contributed by atoms with E-state index in [1.807, 2.05) is 0 Å². The van der Waals surface area contributed by atoms with Crippen molar-refractivity contribution < 1.29 is 31.8 Å². The molecule has 120 valence electrons. The molecule has 1 rings (SSSR count). The summed E-state index contributed by atoms with van der Waals surface area (Å²) < 4.78 is 73.0. The van der Waals surface area contributed by atoms with Gasteiger partial charge in [0.25, 0.3) is 0 Å². The molecule has 9 heteroatoms. The van der Waals surface area contributed by atoms with Crippen LogP contribution in [0.5, 0.6) is 0 Å². The molecule has 21 heavy (non-hydrogen) atoms. The lowest BCUT2D eigenvalue weighted by atomic mass is 10.1. The van der Waals surface area contributed by atoms with Crippen molar-refractivity contribution in [3.05, 3.63) is 29.8 Å². The molecule has 2 unspecified atom stereocenters. The molecule has 0 saturated carbocycles. The van der Waals surface area contributed by atoms with Gasteiger partial charge in [0.05, 0.1) is 6.61 Å². The van der Waals surface area contributed by atoms with Crippen LogP contribution < -0.4 is 5.73 Å². The van der Waals surface area contributed by atoms with E-state index in [2.05, 4.69) is 4.52 Å². The lowest BCUT2D eigenvalue weighted by molar-refractivity contribution is -0.172. The minimum Gasteiger partial charge on any atom is -0.399 e. The Morgan fingerprint density at radius 3 is 2.38 bits per heavy atom. The summed E-state index contributed by atoms with van der Waals surface area (Å²) in [5, 5.41) is 9.28. The predicted octanol–water partition coefficient (Wildman–Crippen LogP) is 3.61. The average Bonchev–Trinajstić information content (AvgIpc) is 2.38. The van der Waals surface area contributed by atoms with Crippen molar-refractivity contribution in [2.24, 2.45) is 0 Å². The summed E-state index contributed by atoms with van der Waals surface area (Å²) in [6.45, 7) is 1.42. The topological polar surface area (TPSA) is 72.5 Å².